The molecule has 0 saturated carbocycles. The van der Waals surface area contributed by atoms with Crippen molar-refractivity contribution in [2.45, 2.75) is 46.6 Å². The summed E-state index contributed by atoms with van der Waals surface area (Å²) in [4.78, 5) is 32.9. The zero-order chi connectivity index (χ0) is 20.3. The van der Waals surface area contributed by atoms with Gasteiger partial charge >= 0.3 is 0 Å². The van der Waals surface area contributed by atoms with Crippen molar-refractivity contribution in [2.24, 2.45) is 0 Å². The number of benzene rings is 1. The van der Waals surface area contributed by atoms with Gasteiger partial charge in [0.25, 0.3) is 5.56 Å². The molecule has 3 rings (SSSR count). The number of carbonyl (C=O) groups is 1. The van der Waals surface area contributed by atoms with Gasteiger partial charge in [-0.3, -0.25) is 14.2 Å². The molecule has 0 fully saturated rings. The minimum absolute atomic E-state index is 0.0610. The molecule has 3 aromatic rings. The van der Waals surface area contributed by atoms with Crippen molar-refractivity contribution in [1.29, 1.82) is 0 Å². The van der Waals surface area contributed by atoms with E-state index >= 15 is 0 Å². The van der Waals surface area contributed by atoms with E-state index in [9.17, 15) is 9.59 Å². The Labute approximate surface area is 163 Å². The van der Waals surface area contributed by atoms with Gasteiger partial charge in [0.2, 0.25) is 11.9 Å². The topological polar surface area (TPSA) is 88.9 Å². The third kappa shape index (κ3) is 4.03. The zero-order valence-corrected chi connectivity index (χ0v) is 16.6. The number of aromatic nitrogens is 3. The molecular weight excluding hydrogens is 354 g/mol. The van der Waals surface area contributed by atoms with Crippen LogP contribution in [0, 0.1) is 6.92 Å². The Morgan fingerprint density at radius 2 is 1.93 bits per heavy atom. The lowest BCUT2D eigenvalue weighted by atomic mass is 10.1. The van der Waals surface area contributed by atoms with Gasteiger partial charge in [-0.15, -0.1) is 0 Å². The van der Waals surface area contributed by atoms with E-state index in [1.54, 1.807) is 22.9 Å². The van der Waals surface area contributed by atoms with Crippen molar-refractivity contribution in [3.05, 3.63) is 52.4 Å². The smallest absolute Gasteiger partial charge is 0.252 e. The fourth-order valence-corrected chi connectivity index (χ4v) is 3.26. The molecule has 0 aliphatic rings. The summed E-state index contributed by atoms with van der Waals surface area (Å²) in [6.07, 6.45) is 3.41. The van der Waals surface area contributed by atoms with Crippen LogP contribution < -0.4 is 16.2 Å². The number of pyridine rings is 1. The number of rotatable bonds is 6. The largest absolute Gasteiger partial charge is 0.326 e. The second kappa shape index (κ2) is 8.21. The number of anilines is 3. The first-order valence-corrected chi connectivity index (χ1v) is 9.46. The first kappa shape index (κ1) is 19.5. The van der Waals surface area contributed by atoms with E-state index in [2.05, 4.69) is 34.4 Å². The summed E-state index contributed by atoms with van der Waals surface area (Å²) >= 11 is 0. The Hall–Kier alpha value is -3.22. The number of hydrogen-bond donors (Lipinski definition) is 2. The Balaban J connectivity index is 2.02. The number of nitrogens with one attached hydrogen (secondary N) is 2. The maximum absolute atomic E-state index is 12.5. The first-order valence-electron chi connectivity index (χ1n) is 9.46. The number of aryl methyl sites for hydroxylation is 1. The minimum Gasteiger partial charge on any atom is -0.326 e. The highest BCUT2D eigenvalue weighted by molar-refractivity contribution is 5.90. The maximum atomic E-state index is 12.5. The summed E-state index contributed by atoms with van der Waals surface area (Å²) in [5.41, 5.74) is 3.00. The van der Waals surface area contributed by atoms with Crippen LogP contribution in [0.5, 0.6) is 0 Å². The van der Waals surface area contributed by atoms with E-state index in [0.717, 1.165) is 35.2 Å². The summed E-state index contributed by atoms with van der Waals surface area (Å²) in [7, 11) is 0. The van der Waals surface area contributed by atoms with Crippen molar-refractivity contribution >= 4 is 34.3 Å². The molecular formula is C21H25N5O2. The molecule has 0 bridgehead atoms. The van der Waals surface area contributed by atoms with Crippen molar-refractivity contribution < 1.29 is 4.79 Å². The third-order valence-corrected chi connectivity index (χ3v) is 4.78. The summed E-state index contributed by atoms with van der Waals surface area (Å²) in [6.45, 7) is 7.53. The normalized spacial score (nSPS) is 11.0. The predicted molar refractivity (Wildman–Crippen MR) is 112 cm³/mol. The standard InChI is InChI=1S/C21H25N5O2/c1-5-17(6-2)26-19(28)10-8-15-12-22-21(25-20(15)26)24-16-9-7-13(3)18(11-16)23-14(4)27/h7-12,17H,5-6H2,1-4H3,(H,23,27)(H,22,24,25). The molecule has 146 valence electrons. The van der Waals surface area contributed by atoms with Gasteiger partial charge in [0.1, 0.15) is 5.65 Å². The van der Waals surface area contributed by atoms with E-state index in [1.165, 1.54) is 6.92 Å². The second-order valence-corrected chi connectivity index (χ2v) is 6.82. The summed E-state index contributed by atoms with van der Waals surface area (Å²) < 4.78 is 1.75. The molecule has 2 aromatic heterocycles. The van der Waals surface area contributed by atoms with Crippen LogP contribution in [0.4, 0.5) is 17.3 Å². The Morgan fingerprint density at radius 1 is 1.18 bits per heavy atom. The number of hydrogen-bond acceptors (Lipinski definition) is 5. The van der Waals surface area contributed by atoms with Crippen LogP contribution in [0.15, 0.2) is 41.3 Å². The quantitative estimate of drug-likeness (QED) is 0.671. The summed E-state index contributed by atoms with van der Waals surface area (Å²) in [5.74, 6) is 0.270. The van der Waals surface area contributed by atoms with Crippen LogP contribution in [0.3, 0.4) is 0 Å². The molecule has 0 aliphatic carbocycles. The molecule has 0 atom stereocenters. The number of carbonyl (C=O) groups excluding carboxylic acids is 1. The van der Waals surface area contributed by atoms with Gasteiger partial charge in [0, 0.05) is 42.0 Å². The van der Waals surface area contributed by atoms with Gasteiger partial charge in [-0.05, 0) is 43.5 Å². The average molecular weight is 379 g/mol. The summed E-state index contributed by atoms with van der Waals surface area (Å²) in [6, 6.07) is 9.05. The van der Waals surface area contributed by atoms with Crippen LogP contribution in [0.2, 0.25) is 0 Å². The summed E-state index contributed by atoms with van der Waals surface area (Å²) in [5, 5.41) is 6.80. The molecule has 1 aromatic carbocycles. The minimum atomic E-state index is -0.128. The van der Waals surface area contributed by atoms with E-state index in [0.29, 0.717) is 11.6 Å². The van der Waals surface area contributed by atoms with Crippen LogP contribution in [0.1, 0.15) is 45.2 Å². The number of nitrogens with zero attached hydrogens (tertiary/aromatic N) is 3. The van der Waals surface area contributed by atoms with E-state index < -0.39 is 0 Å². The van der Waals surface area contributed by atoms with Gasteiger partial charge < -0.3 is 10.6 Å². The molecule has 0 unspecified atom stereocenters. The highest BCUT2D eigenvalue weighted by atomic mass is 16.1. The van der Waals surface area contributed by atoms with E-state index in [4.69, 9.17) is 0 Å². The SMILES string of the molecule is CCC(CC)n1c(=O)ccc2cnc(Nc3ccc(C)c(NC(C)=O)c3)nc21. The molecule has 0 aliphatic heterocycles. The van der Waals surface area contributed by atoms with Gasteiger partial charge in [0.15, 0.2) is 0 Å². The highest BCUT2D eigenvalue weighted by Crippen LogP contribution is 2.24. The van der Waals surface area contributed by atoms with E-state index in [1.807, 2.05) is 25.1 Å². The molecule has 28 heavy (non-hydrogen) atoms. The van der Waals surface area contributed by atoms with Crippen LogP contribution in [0.25, 0.3) is 11.0 Å². The van der Waals surface area contributed by atoms with Crippen molar-refractivity contribution in [3.8, 4) is 0 Å². The Kier molecular flexibility index (Phi) is 5.73. The lowest BCUT2D eigenvalue weighted by molar-refractivity contribution is -0.114. The number of amides is 1. The molecule has 2 N–H and O–H groups in total. The van der Waals surface area contributed by atoms with Gasteiger partial charge in [-0.25, -0.2) is 4.98 Å². The molecule has 1 amide bonds. The lowest BCUT2D eigenvalue weighted by Crippen LogP contribution is -2.24. The second-order valence-electron chi connectivity index (χ2n) is 6.82. The monoisotopic (exact) mass is 379 g/mol. The molecule has 0 spiro atoms. The van der Waals surface area contributed by atoms with Crippen LogP contribution in [-0.4, -0.2) is 20.4 Å². The van der Waals surface area contributed by atoms with Crippen LogP contribution >= 0.6 is 0 Å². The fourth-order valence-electron chi connectivity index (χ4n) is 3.26. The average Bonchev–Trinajstić information content (AvgIpc) is 2.66. The van der Waals surface area contributed by atoms with Crippen molar-refractivity contribution in [2.75, 3.05) is 10.6 Å². The Bertz CT molecular complexity index is 1070. The predicted octanol–water partition coefficient (Wildman–Crippen LogP) is 4.16. The lowest BCUT2D eigenvalue weighted by Gasteiger charge is -2.18. The molecule has 0 saturated heterocycles. The molecule has 0 radical (unpaired) electrons. The van der Waals surface area contributed by atoms with E-state index in [-0.39, 0.29) is 17.5 Å². The van der Waals surface area contributed by atoms with Gasteiger partial charge in [-0.2, -0.15) is 4.98 Å². The third-order valence-electron chi connectivity index (χ3n) is 4.78. The Morgan fingerprint density at radius 3 is 2.61 bits per heavy atom. The molecule has 7 heteroatoms. The van der Waals surface area contributed by atoms with Gasteiger partial charge in [-0.1, -0.05) is 19.9 Å². The first-order chi connectivity index (χ1) is 13.4. The molecule has 2 heterocycles. The zero-order valence-electron chi connectivity index (χ0n) is 16.6. The number of fused-ring (bicyclic) bond motifs is 1. The van der Waals surface area contributed by atoms with Crippen molar-refractivity contribution in [3.63, 3.8) is 0 Å². The van der Waals surface area contributed by atoms with Gasteiger partial charge in [0.05, 0.1) is 0 Å². The molecule has 7 nitrogen and oxygen atoms in total. The fraction of sp³-hybridized carbons (Fsp3) is 0.333. The van der Waals surface area contributed by atoms with Crippen LogP contribution in [-0.2, 0) is 4.79 Å². The highest BCUT2D eigenvalue weighted by Gasteiger charge is 2.14. The maximum Gasteiger partial charge on any atom is 0.252 e. The van der Waals surface area contributed by atoms with Crippen molar-refractivity contribution in [1.82, 2.24) is 14.5 Å².